The zero-order valence-corrected chi connectivity index (χ0v) is 13.0. The largest absolute Gasteiger partial charge is 0.465 e. The predicted molar refractivity (Wildman–Crippen MR) is 79.3 cm³/mol. The number of aliphatic hydroxyl groups excluding tert-OH is 1. The van der Waals surface area contributed by atoms with Crippen LogP contribution in [-0.4, -0.2) is 39.3 Å². The Morgan fingerprint density at radius 3 is 2.48 bits per heavy atom. The maximum absolute atomic E-state index is 11.9. The molecule has 0 fully saturated rings. The number of methoxy groups -OCH3 is 1. The molecule has 7 heteroatoms. The fourth-order valence-electron chi connectivity index (χ4n) is 1.71. The van der Waals surface area contributed by atoms with Gasteiger partial charge in [-0.2, -0.15) is 0 Å². The van der Waals surface area contributed by atoms with Gasteiger partial charge in [0.15, 0.2) is 0 Å². The monoisotopic (exact) mass is 315 g/mol. The van der Waals surface area contributed by atoms with Gasteiger partial charge in [0.05, 0.1) is 24.5 Å². The molecule has 0 aliphatic heterocycles. The summed E-state index contributed by atoms with van der Waals surface area (Å²) in [6.07, 6.45) is 0.486. The maximum Gasteiger partial charge on any atom is 0.337 e. The van der Waals surface area contributed by atoms with E-state index in [0.717, 1.165) is 0 Å². The number of rotatable bonds is 8. The van der Waals surface area contributed by atoms with E-state index in [1.165, 1.54) is 19.2 Å². The molecule has 1 aromatic rings. The van der Waals surface area contributed by atoms with Gasteiger partial charge in [0, 0.05) is 6.54 Å². The Bertz CT molecular complexity index is 553. The highest BCUT2D eigenvalue weighted by molar-refractivity contribution is 7.88. The number of carbonyl (C=O) groups excluding carboxylic acids is 1. The molecule has 118 valence electrons. The fraction of sp³-hybridized carbons (Fsp3) is 0.500. The topological polar surface area (TPSA) is 92.7 Å². The van der Waals surface area contributed by atoms with Gasteiger partial charge in [-0.15, -0.1) is 0 Å². The van der Waals surface area contributed by atoms with Crippen LogP contribution in [0.1, 0.15) is 35.7 Å². The van der Waals surface area contributed by atoms with Crippen molar-refractivity contribution in [3.8, 4) is 0 Å². The quantitative estimate of drug-likeness (QED) is 0.700. The number of benzene rings is 1. The second kappa shape index (κ2) is 8.11. The molecule has 0 aliphatic rings. The lowest BCUT2D eigenvalue weighted by molar-refractivity contribution is 0.0600. The molecule has 6 nitrogen and oxygen atoms in total. The van der Waals surface area contributed by atoms with Crippen LogP contribution in [-0.2, 0) is 20.5 Å². The summed E-state index contributed by atoms with van der Waals surface area (Å²) in [4.78, 5) is 11.3. The van der Waals surface area contributed by atoms with Crippen molar-refractivity contribution < 1.29 is 23.1 Å². The lowest BCUT2D eigenvalue weighted by Crippen LogP contribution is -2.28. The number of aliphatic hydroxyl groups is 1. The van der Waals surface area contributed by atoms with Gasteiger partial charge in [0.25, 0.3) is 0 Å². The highest BCUT2D eigenvalue weighted by Gasteiger charge is 2.13. The number of hydrogen-bond acceptors (Lipinski definition) is 5. The van der Waals surface area contributed by atoms with Gasteiger partial charge in [-0.1, -0.05) is 19.1 Å². The molecule has 0 spiro atoms. The minimum atomic E-state index is -3.45. The van der Waals surface area contributed by atoms with Crippen molar-refractivity contribution in [3.63, 3.8) is 0 Å². The number of nitrogens with one attached hydrogen (secondary N) is 1. The average molecular weight is 315 g/mol. The molecule has 21 heavy (non-hydrogen) atoms. The molecule has 0 radical (unpaired) electrons. The SMILES string of the molecule is CCC(O)CCNS(=O)(=O)Cc1ccc(C(=O)OC)cc1. The normalized spacial score (nSPS) is 12.9. The second-order valence-corrected chi connectivity index (χ2v) is 6.50. The van der Waals surface area contributed by atoms with E-state index in [-0.39, 0.29) is 12.3 Å². The first kappa shape index (κ1) is 17.6. The standard InChI is InChI=1S/C14H21NO5S/c1-3-13(16)8-9-15-21(18,19)10-11-4-6-12(7-5-11)14(17)20-2/h4-7,13,15-16H,3,8-10H2,1-2H3. The van der Waals surface area contributed by atoms with Crippen LogP contribution in [0, 0.1) is 0 Å². The zero-order valence-electron chi connectivity index (χ0n) is 12.2. The Morgan fingerprint density at radius 2 is 1.95 bits per heavy atom. The maximum atomic E-state index is 11.9. The molecule has 0 amide bonds. The number of carbonyl (C=O) groups is 1. The van der Waals surface area contributed by atoms with Crippen LogP contribution in [0.5, 0.6) is 0 Å². The Hall–Kier alpha value is -1.44. The van der Waals surface area contributed by atoms with Gasteiger partial charge < -0.3 is 9.84 Å². The number of ether oxygens (including phenoxy) is 1. The van der Waals surface area contributed by atoms with Crippen LogP contribution in [0.25, 0.3) is 0 Å². The van der Waals surface area contributed by atoms with Gasteiger partial charge in [0.2, 0.25) is 10.0 Å². The summed E-state index contributed by atoms with van der Waals surface area (Å²) in [6.45, 7) is 2.04. The van der Waals surface area contributed by atoms with Crippen LogP contribution in [0.15, 0.2) is 24.3 Å². The lowest BCUT2D eigenvalue weighted by Gasteiger charge is -2.10. The minimum Gasteiger partial charge on any atom is -0.465 e. The van der Waals surface area contributed by atoms with Crippen molar-refractivity contribution in [2.75, 3.05) is 13.7 Å². The van der Waals surface area contributed by atoms with E-state index in [2.05, 4.69) is 9.46 Å². The Morgan fingerprint density at radius 1 is 1.33 bits per heavy atom. The fourth-order valence-corrected chi connectivity index (χ4v) is 2.87. The summed E-state index contributed by atoms with van der Waals surface area (Å²) in [5.41, 5.74) is 0.948. The molecule has 1 unspecified atom stereocenters. The van der Waals surface area contributed by atoms with Crippen molar-refractivity contribution in [2.24, 2.45) is 0 Å². The minimum absolute atomic E-state index is 0.170. The Labute approximate surface area is 125 Å². The van der Waals surface area contributed by atoms with Gasteiger partial charge in [-0.3, -0.25) is 0 Å². The van der Waals surface area contributed by atoms with Crippen molar-refractivity contribution in [1.82, 2.24) is 4.72 Å². The van der Waals surface area contributed by atoms with E-state index in [4.69, 9.17) is 0 Å². The van der Waals surface area contributed by atoms with E-state index in [1.54, 1.807) is 12.1 Å². The summed E-state index contributed by atoms with van der Waals surface area (Å²) < 4.78 is 30.7. The first-order chi connectivity index (χ1) is 9.88. The highest BCUT2D eigenvalue weighted by Crippen LogP contribution is 2.09. The van der Waals surface area contributed by atoms with Crippen LogP contribution >= 0.6 is 0 Å². The van der Waals surface area contributed by atoms with E-state index in [9.17, 15) is 18.3 Å². The third kappa shape index (κ3) is 6.24. The highest BCUT2D eigenvalue weighted by atomic mass is 32.2. The van der Waals surface area contributed by atoms with Crippen LogP contribution in [0.2, 0.25) is 0 Å². The second-order valence-electron chi connectivity index (χ2n) is 4.69. The molecular formula is C14H21NO5S. The zero-order chi connectivity index (χ0) is 15.9. The summed E-state index contributed by atoms with van der Waals surface area (Å²) in [5.74, 6) is -0.632. The summed E-state index contributed by atoms with van der Waals surface area (Å²) in [7, 11) is -2.17. The van der Waals surface area contributed by atoms with Gasteiger partial charge in [-0.25, -0.2) is 17.9 Å². The molecule has 1 rings (SSSR count). The van der Waals surface area contributed by atoms with E-state index < -0.39 is 22.1 Å². The molecule has 1 aromatic carbocycles. The average Bonchev–Trinajstić information content (AvgIpc) is 2.46. The number of esters is 1. The van der Waals surface area contributed by atoms with Gasteiger partial charge >= 0.3 is 5.97 Å². The molecule has 0 heterocycles. The van der Waals surface area contributed by atoms with Crippen molar-refractivity contribution in [1.29, 1.82) is 0 Å². The van der Waals surface area contributed by atoms with E-state index >= 15 is 0 Å². The third-order valence-corrected chi connectivity index (χ3v) is 4.36. The molecular weight excluding hydrogens is 294 g/mol. The van der Waals surface area contributed by atoms with Crippen LogP contribution in [0.3, 0.4) is 0 Å². The molecule has 0 saturated heterocycles. The molecule has 2 N–H and O–H groups in total. The number of hydrogen-bond donors (Lipinski definition) is 2. The molecule has 0 saturated carbocycles. The molecule has 0 aromatic heterocycles. The predicted octanol–water partition coefficient (Wildman–Crippen LogP) is 1.05. The third-order valence-electron chi connectivity index (χ3n) is 3.00. The Kier molecular flexibility index (Phi) is 6.80. The number of sulfonamides is 1. The van der Waals surface area contributed by atoms with Crippen molar-refractivity contribution in [2.45, 2.75) is 31.6 Å². The summed E-state index contributed by atoms with van der Waals surface area (Å²) >= 11 is 0. The van der Waals surface area contributed by atoms with Crippen LogP contribution < -0.4 is 4.72 Å². The summed E-state index contributed by atoms with van der Waals surface area (Å²) in [6, 6.07) is 6.20. The van der Waals surface area contributed by atoms with Crippen LogP contribution in [0.4, 0.5) is 0 Å². The first-order valence-electron chi connectivity index (χ1n) is 6.70. The first-order valence-corrected chi connectivity index (χ1v) is 8.36. The molecule has 0 bridgehead atoms. The van der Waals surface area contributed by atoms with Gasteiger partial charge in [0.1, 0.15) is 0 Å². The van der Waals surface area contributed by atoms with Crippen molar-refractivity contribution >= 4 is 16.0 Å². The molecule has 0 aliphatic carbocycles. The van der Waals surface area contributed by atoms with E-state index in [0.29, 0.717) is 24.0 Å². The summed E-state index contributed by atoms with van der Waals surface area (Å²) in [5, 5.41) is 9.37. The van der Waals surface area contributed by atoms with E-state index in [1.807, 2.05) is 6.92 Å². The van der Waals surface area contributed by atoms with Gasteiger partial charge in [-0.05, 0) is 30.5 Å². The Balaban J connectivity index is 2.57. The molecule has 1 atom stereocenters. The van der Waals surface area contributed by atoms with Crippen molar-refractivity contribution in [3.05, 3.63) is 35.4 Å². The smallest absolute Gasteiger partial charge is 0.337 e. The lowest BCUT2D eigenvalue weighted by atomic mass is 10.1.